The molecule has 4 heteroatoms. The van der Waals surface area contributed by atoms with Crippen LogP contribution in [0, 0.1) is 0 Å². The first kappa shape index (κ1) is 21.2. The summed E-state index contributed by atoms with van der Waals surface area (Å²) in [5.74, 6) is 0.950. The van der Waals surface area contributed by atoms with Crippen LogP contribution in [-0.4, -0.2) is 12.5 Å². The minimum Gasteiger partial charge on any atom is -0.488 e. The van der Waals surface area contributed by atoms with Crippen molar-refractivity contribution < 1.29 is 4.74 Å². The molecule has 0 unspecified atom stereocenters. The van der Waals surface area contributed by atoms with Crippen molar-refractivity contribution in [1.82, 2.24) is 4.23 Å². The van der Waals surface area contributed by atoms with Gasteiger partial charge in [-0.15, -0.1) is 0 Å². The summed E-state index contributed by atoms with van der Waals surface area (Å²) in [6.45, 7) is 15.0. The smallest absolute Gasteiger partial charge is 0.169 e. The Kier molecular flexibility index (Phi) is 6.40. The molecule has 0 N–H and O–H groups in total. The molecule has 2 aromatic carbocycles. The van der Waals surface area contributed by atoms with Crippen molar-refractivity contribution in [2.45, 2.75) is 64.8 Å². The maximum atomic E-state index is 6.27. The minimum atomic E-state index is -1.83. The van der Waals surface area contributed by atoms with E-state index in [1.165, 1.54) is 16.5 Å². The monoisotopic (exact) mass is 457 g/mol. The Balaban J connectivity index is 2.12. The van der Waals surface area contributed by atoms with Gasteiger partial charge < -0.3 is 8.97 Å². The molecular weight excluding hydrogens is 426 g/mol. The van der Waals surface area contributed by atoms with Crippen molar-refractivity contribution in [3.05, 3.63) is 64.8 Å². The molecule has 0 aliphatic rings. The van der Waals surface area contributed by atoms with Gasteiger partial charge in [0, 0.05) is 16.2 Å². The lowest BCUT2D eigenvalue weighted by molar-refractivity contribution is 0.310. The van der Waals surface area contributed by atoms with Crippen LogP contribution in [0.1, 0.15) is 47.1 Å². The van der Waals surface area contributed by atoms with Crippen LogP contribution >= 0.6 is 15.9 Å². The zero-order chi connectivity index (χ0) is 20.5. The van der Waals surface area contributed by atoms with Crippen LogP contribution in [0.5, 0.6) is 5.75 Å². The second-order valence-corrected chi connectivity index (χ2v) is 15.2. The van der Waals surface area contributed by atoms with Gasteiger partial charge in [0.25, 0.3) is 0 Å². The molecule has 1 aromatic heterocycles. The lowest BCUT2D eigenvalue weighted by atomic mass is 10.2. The molecule has 1 heterocycles. The van der Waals surface area contributed by atoms with E-state index in [2.05, 4.69) is 110 Å². The van der Waals surface area contributed by atoms with Crippen molar-refractivity contribution in [2.24, 2.45) is 0 Å². The summed E-state index contributed by atoms with van der Waals surface area (Å²) < 4.78 is 10.0. The van der Waals surface area contributed by atoms with Crippen LogP contribution in [0.3, 0.4) is 0 Å². The largest absolute Gasteiger partial charge is 0.488 e. The Morgan fingerprint density at radius 2 is 1.46 bits per heavy atom. The normalized spacial score (nSPS) is 12.5. The third-order valence-corrected chi connectivity index (χ3v) is 13.5. The number of benzene rings is 2. The fourth-order valence-electron chi connectivity index (χ4n) is 5.22. The summed E-state index contributed by atoms with van der Waals surface area (Å²) in [4.78, 5) is 0. The van der Waals surface area contributed by atoms with Crippen molar-refractivity contribution in [3.8, 4) is 5.75 Å². The number of hydrogen-bond acceptors (Lipinski definition) is 1. The van der Waals surface area contributed by atoms with Crippen molar-refractivity contribution in [1.29, 1.82) is 0 Å². The van der Waals surface area contributed by atoms with Gasteiger partial charge in [-0.3, -0.25) is 0 Å². The topological polar surface area (TPSA) is 14.2 Å². The highest BCUT2D eigenvalue weighted by Crippen LogP contribution is 2.46. The highest BCUT2D eigenvalue weighted by Gasteiger charge is 2.46. The van der Waals surface area contributed by atoms with Gasteiger partial charge in [-0.25, -0.2) is 0 Å². The first-order chi connectivity index (χ1) is 13.3. The Morgan fingerprint density at radius 1 is 0.857 bits per heavy atom. The van der Waals surface area contributed by atoms with Gasteiger partial charge >= 0.3 is 0 Å². The molecule has 0 radical (unpaired) electrons. The Hall–Kier alpha value is -1.52. The number of aromatic nitrogens is 1. The van der Waals surface area contributed by atoms with E-state index in [0.717, 1.165) is 10.2 Å². The second-order valence-electron chi connectivity index (χ2n) is 8.62. The van der Waals surface area contributed by atoms with Crippen molar-refractivity contribution in [3.63, 3.8) is 0 Å². The quantitative estimate of drug-likeness (QED) is 0.327. The van der Waals surface area contributed by atoms with Gasteiger partial charge in [-0.2, -0.15) is 0 Å². The number of rotatable bonds is 7. The van der Waals surface area contributed by atoms with Gasteiger partial charge in [-0.05, 0) is 50.2 Å². The molecule has 3 aromatic rings. The summed E-state index contributed by atoms with van der Waals surface area (Å²) >= 11 is 3.86. The van der Waals surface area contributed by atoms with Crippen molar-refractivity contribution >= 4 is 35.1 Å². The molecule has 28 heavy (non-hydrogen) atoms. The molecule has 0 saturated heterocycles. The predicted molar refractivity (Wildman–Crippen MR) is 127 cm³/mol. The number of fused-ring (bicyclic) bond motifs is 1. The Bertz CT molecular complexity index is 909. The fourth-order valence-corrected chi connectivity index (χ4v) is 12.6. The maximum absolute atomic E-state index is 6.27. The molecule has 150 valence electrons. The van der Waals surface area contributed by atoms with Crippen molar-refractivity contribution in [2.75, 3.05) is 0 Å². The first-order valence-electron chi connectivity index (χ1n) is 10.3. The zero-order valence-corrected chi connectivity index (χ0v) is 20.5. The van der Waals surface area contributed by atoms with Crippen LogP contribution in [0.25, 0.3) is 10.9 Å². The van der Waals surface area contributed by atoms with E-state index in [0.29, 0.717) is 23.2 Å². The molecule has 0 amide bonds. The summed E-state index contributed by atoms with van der Waals surface area (Å²) in [5, 5.41) is 1.19. The SMILES string of the molecule is CC(C)[Si](C(C)C)(C(C)C)n1cc(Br)c2c(OCc3ccccc3)cccc21. The molecule has 0 saturated carbocycles. The zero-order valence-electron chi connectivity index (χ0n) is 17.9. The average Bonchev–Trinajstić information content (AvgIpc) is 2.98. The summed E-state index contributed by atoms with van der Waals surface area (Å²) in [5.41, 5.74) is 4.40. The van der Waals surface area contributed by atoms with E-state index in [4.69, 9.17) is 4.74 Å². The van der Waals surface area contributed by atoms with Gasteiger partial charge in [0.15, 0.2) is 8.24 Å². The van der Waals surface area contributed by atoms with E-state index in [1.807, 2.05) is 6.07 Å². The summed E-state index contributed by atoms with van der Waals surface area (Å²) in [6, 6.07) is 16.8. The van der Waals surface area contributed by atoms with E-state index < -0.39 is 8.24 Å². The first-order valence-corrected chi connectivity index (χ1v) is 13.2. The highest BCUT2D eigenvalue weighted by atomic mass is 79.9. The van der Waals surface area contributed by atoms with Crippen LogP contribution in [0.15, 0.2) is 59.2 Å². The number of hydrogen-bond donors (Lipinski definition) is 0. The molecule has 0 bridgehead atoms. The predicted octanol–water partition coefficient (Wildman–Crippen LogP) is 8.01. The van der Waals surface area contributed by atoms with E-state index >= 15 is 0 Å². The van der Waals surface area contributed by atoms with Gasteiger partial charge in [0.05, 0.1) is 5.39 Å². The third kappa shape index (κ3) is 3.57. The summed E-state index contributed by atoms with van der Waals surface area (Å²) in [6.07, 6.45) is 2.33. The molecule has 0 fully saturated rings. The number of ether oxygens (including phenoxy) is 1. The molecular formula is C24H32BrNOSi. The minimum absolute atomic E-state index is 0.582. The number of halogens is 1. The second kappa shape index (κ2) is 8.46. The Labute approximate surface area is 179 Å². The standard InChI is InChI=1S/C24H32BrNOSi/c1-17(2)28(18(3)4,19(5)6)26-15-21(25)24-22(26)13-10-14-23(24)27-16-20-11-8-7-9-12-20/h7-15,17-19H,16H2,1-6H3. The summed E-state index contributed by atoms with van der Waals surface area (Å²) in [7, 11) is -1.83. The van der Waals surface area contributed by atoms with E-state index in [-0.39, 0.29) is 0 Å². The molecule has 0 aliphatic heterocycles. The highest BCUT2D eigenvalue weighted by molar-refractivity contribution is 9.10. The van der Waals surface area contributed by atoms with Crippen LogP contribution in [-0.2, 0) is 6.61 Å². The molecule has 0 aliphatic carbocycles. The van der Waals surface area contributed by atoms with E-state index in [9.17, 15) is 0 Å². The lowest BCUT2D eigenvalue weighted by Crippen LogP contribution is -2.51. The molecule has 3 rings (SSSR count). The van der Waals surface area contributed by atoms with Gasteiger partial charge in [0.1, 0.15) is 12.4 Å². The lowest BCUT2D eigenvalue weighted by Gasteiger charge is -2.44. The fraction of sp³-hybridized carbons (Fsp3) is 0.417. The molecule has 2 nitrogen and oxygen atoms in total. The molecule has 0 spiro atoms. The molecule has 0 atom stereocenters. The van der Waals surface area contributed by atoms with Gasteiger partial charge in [-0.1, -0.05) is 77.9 Å². The van der Waals surface area contributed by atoms with Crippen LogP contribution in [0.4, 0.5) is 0 Å². The van der Waals surface area contributed by atoms with Crippen LogP contribution in [0.2, 0.25) is 16.6 Å². The van der Waals surface area contributed by atoms with Crippen LogP contribution < -0.4 is 4.74 Å². The van der Waals surface area contributed by atoms with E-state index in [1.54, 1.807) is 0 Å². The third-order valence-electron chi connectivity index (χ3n) is 6.17. The maximum Gasteiger partial charge on any atom is 0.169 e. The average molecular weight is 459 g/mol. The number of nitrogens with zero attached hydrogens (tertiary/aromatic N) is 1. The Morgan fingerprint density at radius 3 is 2.04 bits per heavy atom. The van der Waals surface area contributed by atoms with Gasteiger partial charge in [0.2, 0.25) is 0 Å².